The van der Waals surface area contributed by atoms with Crippen molar-refractivity contribution < 1.29 is 0 Å². The lowest BCUT2D eigenvalue weighted by Gasteiger charge is -2.27. The second-order valence-corrected chi connectivity index (χ2v) is 4.82. The van der Waals surface area contributed by atoms with Crippen molar-refractivity contribution in [2.45, 2.75) is 6.04 Å². The summed E-state index contributed by atoms with van der Waals surface area (Å²) in [5, 5.41) is 22.3. The van der Waals surface area contributed by atoms with Gasteiger partial charge in [0.2, 0.25) is 5.13 Å². The van der Waals surface area contributed by atoms with Gasteiger partial charge in [-0.1, -0.05) is 0 Å². The third kappa shape index (κ3) is 1.70. The van der Waals surface area contributed by atoms with Gasteiger partial charge in [-0.15, -0.1) is 16.4 Å². The molecule has 0 spiro atoms. The smallest absolute Gasteiger partial charge is 0.212 e. The Bertz CT molecular complexity index is 591. The molecule has 3 heterocycles. The highest BCUT2D eigenvalue weighted by Crippen LogP contribution is 2.25. The van der Waals surface area contributed by atoms with Crippen LogP contribution in [0.3, 0.4) is 0 Å². The minimum absolute atomic E-state index is 0.302. The molecule has 0 atom stereocenters. The molecule has 7 nitrogen and oxygen atoms in total. The zero-order chi connectivity index (χ0) is 12.5. The van der Waals surface area contributed by atoms with E-state index in [-0.39, 0.29) is 0 Å². The van der Waals surface area contributed by atoms with Gasteiger partial charge in [-0.3, -0.25) is 0 Å². The average Bonchev–Trinajstić information content (AvgIpc) is 2.91. The summed E-state index contributed by atoms with van der Waals surface area (Å²) in [4.78, 5) is 4.14. The van der Waals surface area contributed by atoms with Crippen molar-refractivity contribution >= 4 is 23.0 Å². The van der Waals surface area contributed by atoms with E-state index in [9.17, 15) is 0 Å². The number of nitrogens with zero attached hydrogens (tertiary/aromatic N) is 4. The molecule has 0 radical (unpaired) electrons. The minimum atomic E-state index is 0.302. The van der Waals surface area contributed by atoms with E-state index in [0.717, 1.165) is 13.1 Å². The first kappa shape index (κ1) is 11.0. The van der Waals surface area contributed by atoms with Crippen LogP contribution in [0.15, 0.2) is 11.6 Å². The number of nitrogens with two attached hydrogens (primary N) is 1. The lowest BCUT2D eigenvalue weighted by Crippen LogP contribution is -2.51. The number of nitriles is 1. The first-order chi connectivity index (χ1) is 8.79. The van der Waals surface area contributed by atoms with Crippen molar-refractivity contribution in [1.29, 1.82) is 5.26 Å². The van der Waals surface area contributed by atoms with Crippen LogP contribution in [-0.4, -0.2) is 33.9 Å². The molecule has 4 N–H and O–H groups in total. The summed E-state index contributed by atoms with van der Waals surface area (Å²) in [5.74, 6) is 0.846. The molecule has 1 aliphatic rings. The minimum Gasteiger partial charge on any atom is -0.382 e. The molecule has 2 aromatic rings. The Hall–Kier alpha value is -2.11. The molecule has 8 heteroatoms. The summed E-state index contributed by atoms with van der Waals surface area (Å²) in [6.07, 6.45) is 1.68. The van der Waals surface area contributed by atoms with Crippen LogP contribution in [0.4, 0.5) is 11.6 Å². The van der Waals surface area contributed by atoms with Crippen LogP contribution in [0.1, 0.15) is 5.56 Å². The van der Waals surface area contributed by atoms with Gasteiger partial charge in [0.25, 0.3) is 0 Å². The third-order valence-electron chi connectivity index (χ3n) is 2.76. The van der Waals surface area contributed by atoms with Gasteiger partial charge in [0.1, 0.15) is 17.5 Å². The van der Waals surface area contributed by atoms with E-state index in [1.165, 1.54) is 16.0 Å². The van der Waals surface area contributed by atoms with E-state index in [1.807, 2.05) is 5.38 Å². The van der Waals surface area contributed by atoms with E-state index in [4.69, 9.17) is 11.0 Å². The lowest BCUT2D eigenvalue weighted by atomic mass is 10.2. The average molecular weight is 261 g/mol. The first-order valence-electron chi connectivity index (χ1n) is 5.45. The van der Waals surface area contributed by atoms with Gasteiger partial charge in [-0.25, -0.2) is 4.98 Å². The summed E-state index contributed by atoms with van der Waals surface area (Å²) in [5.41, 5.74) is 6.30. The topological polar surface area (TPSA) is 105 Å². The summed E-state index contributed by atoms with van der Waals surface area (Å²) in [6.45, 7) is 1.74. The van der Waals surface area contributed by atoms with Crippen LogP contribution in [0.2, 0.25) is 0 Å². The Balaban J connectivity index is 1.99. The van der Waals surface area contributed by atoms with Crippen molar-refractivity contribution in [3.63, 3.8) is 0 Å². The molecule has 2 aromatic heterocycles. The summed E-state index contributed by atoms with van der Waals surface area (Å²) < 4.78 is 1.50. The quantitative estimate of drug-likeness (QED) is 0.727. The van der Waals surface area contributed by atoms with E-state index in [1.54, 1.807) is 6.20 Å². The second-order valence-electron chi connectivity index (χ2n) is 3.95. The molecular formula is C10H11N7S. The Morgan fingerprint density at radius 3 is 3.00 bits per heavy atom. The zero-order valence-electron chi connectivity index (χ0n) is 9.42. The molecule has 0 aliphatic carbocycles. The number of nitrogen functional groups attached to an aromatic ring is 1. The molecule has 0 unspecified atom stereocenters. The molecular weight excluding hydrogens is 250 g/mol. The molecule has 1 aliphatic heterocycles. The van der Waals surface area contributed by atoms with Gasteiger partial charge < -0.3 is 16.4 Å². The molecule has 18 heavy (non-hydrogen) atoms. The third-order valence-corrected chi connectivity index (χ3v) is 3.50. The van der Waals surface area contributed by atoms with Gasteiger partial charge in [0.05, 0.1) is 6.04 Å². The van der Waals surface area contributed by atoms with Gasteiger partial charge in [-0.05, 0) is 0 Å². The highest BCUT2D eigenvalue weighted by molar-refractivity contribution is 7.12. The van der Waals surface area contributed by atoms with E-state index < -0.39 is 0 Å². The Labute approximate surface area is 107 Å². The summed E-state index contributed by atoms with van der Waals surface area (Å²) >= 11 is 1.42. The van der Waals surface area contributed by atoms with Crippen molar-refractivity contribution in [2.24, 2.45) is 0 Å². The summed E-state index contributed by atoms with van der Waals surface area (Å²) in [6, 6.07) is 2.39. The van der Waals surface area contributed by atoms with Crippen LogP contribution < -0.4 is 16.4 Å². The predicted octanol–water partition coefficient (Wildman–Crippen LogP) is 0.166. The highest BCUT2D eigenvalue weighted by Gasteiger charge is 2.23. The highest BCUT2D eigenvalue weighted by atomic mass is 32.1. The summed E-state index contributed by atoms with van der Waals surface area (Å²) in [7, 11) is 0. The number of aromatic nitrogens is 3. The second kappa shape index (κ2) is 4.29. The van der Waals surface area contributed by atoms with Gasteiger partial charge >= 0.3 is 0 Å². The van der Waals surface area contributed by atoms with Crippen LogP contribution in [0, 0.1) is 11.3 Å². The number of anilines is 2. The normalized spacial score (nSPS) is 15.1. The fourth-order valence-electron chi connectivity index (χ4n) is 1.69. The van der Waals surface area contributed by atoms with Gasteiger partial charge in [-0.2, -0.15) is 9.94 Å². The maximum absolute atomic E-state index is 9.16. The molecule has 0 bridgehead atoms. The van der Waals surface area contributed by atoms with E-state index >= 15 is 0 Å². The zero-order valence-corrected chi connectivity index (χ0v) is 10.2. The van der Waals surface area contributed by atoms with E-state index in [2.05, 4.69) is 26.8 Å². The fraction of sp³-hybridized carbons (Fsp3) is 0.300. The van der Waals surface area contributed by atoms with Gasteiger partial charge in [0.15, 0.2) is 5.82 Å². The van der Waals surface area contributed by atoms with Crippen LogP contribution in [-0.2, 0) is 0 Å². The maximum Gasteiger partial charge on any atom is 0.212 e. The number of hydrogen-bond acceptors (Lipinski definition) is 7. The lowest BCUT2D eigenvalue weighted by molar-refractivity contribution is 0.470. The van der Waals surface area contributed by atoms with E-state index in [0.29, 0.717) is 28.4 Å². The molecule has 92 valence electrons. The van der Waals surface area contributed by atoms with Crippen molar-refractivity contribution in [3.05, 3.63) is 17.1 Å². The molecule has 0 amide bonds. The van der Waals surface area contributed by atoms with Crippen LogP contribution >= 0.6 is 11.3 Å². The molecule has 3 rings (SSSR count). The monoisotopic (exact) mass is 261 g/mol. The maximum atomic E-state index is 9.16. The standard InChI is InChI=1S/C10H11N7S/c11-3-7-8(12)17(10-14-1-2-18-10)16-9(7)15-6-4-13-5-6/h1-2,6,13H,4-5,12H2,(H,15,16). The predicted molar refractivity (Wildman–Crippen MR) is 68.6 cm³/mol. The van der Waals surface area contributed by atoms with Crippen molar-refractivity contribution in [1.82, 2.24) is 20.1 Å². The number of rotatable bonds is 3. The Morgan fingerprint density at radius 2 is 2.44 bits per heavy atom. The fourth-order valence-corrected chi connectivity index (χ4v) is 2.30. The first-order valence-corrected chi connectivity index (χ1v) is 6.33. The van der Waals surface area contributed by atoms with Gasteiger partial charge in [0, 0.05) is 24.7 Å². The largest absolute Gasteiger partial charge is 0.382 e. The number of hydrogen-bond donors (Lipinski definition) is 3. The number of thiazole rings is 1. The number of nitrogens with one attached hydrogen (secondary N) is 2. The SMILES string of the molecule is N#Cc1c(NC2CNC2)nn(-c2nccs2)c1N. The van der Waals surface area contributed by atoms with Crippen LogP contribution in [0.5, 0.6) is 0 Å². The van der Waals surface area contributed by atoms with Crippen LogP contribution in [0.25, 0.3) is 5.13 Å². The molecule has 1 saturated heterocycles. The van der Waals surface area contributed by atoms with Crippen molar-refractivity contribution in [3.8, 4) is 11.2 Å². The Morgan fingerprint density at radius 1 is 1.61 bits per heavy atom. The molecule has 1 fully saturated rings. The molecule has 0 aromatic carbocycles. The van der Waals surface area contributed by atoms with Crippen molar-refractivity contribution in [2.75, 3.05) is 24.1 Å². The molecule has 0 saturated carbocycles. The Kier molecular flexibility index (Phi) is 2.62.